The van der Waals surface area contributed by atoms with Crippen molar-refractivity contribution in [3.63, 3.8) is 0 Å². The molecule has 0 radical (unpaired) electrons. The van der Waals surface area contributed by atoms with E-state index in [-0.39, 0.29) is 24.2 Å². The number of nitrogens with one attached hydrogen (secondary N) is 3. The van der Waals surface area contributed by atoms with E-state index in [1.54, 1.807) is 12.3 Å². The molecular formula is C34H40N4O4. The Bertz CT molecular complexity index is 1360. The zero-order valence-electron chi connectivity index (χ0n) is 24.6. The van der Waals surface area contributed by atoms with Gasteiger partial charge in [-0.25, -0.2) is 0 Å². The number of fused-ring (bicyclic) bond motifs is 10. The molecule has 42 heavy (non-hydrogen) atoms. The van der Waals surface area contributed by atoms with Gasteiger partial charge in [-0.1, -0.05) is 86.6 Å². The van der Waals surface area contributed by atoms with Crippen LogP contribution in [0.1, 0.15) is 30.5 Å². The highest BCUT2D eigenvalue weighted by Gasteiger charge is 2.37. The molecule has 0 fully saturated rings. The van der Waals surface area contributed by atoms with Crippen molar-refractivity contribution < 1.29 is 19.1 Å². The largest absolute Gasteiger partial charge is 0.487 e. The highest BCUT2D eigenvalue weighted by molar-refractivity contribution is 5.94. The van der Waals surface area contributed by atoms with E-state index in [2.05, 4.69) is 16.0 Å². The first-order chi connectivity index (χ1) is 20.2. The second-order valence-corrected chi connectivity index (χ2v) is 11.1. The fourth-order valence-corrected chi connectivity index (χ4v) is 4.94. The number of benzene rings is 3. The van der Waals surface area contributed by atoms with Crippen LogP contribution in [-0.2, 0) is 27.2 Å². The Morgan fingerprint density at radius 3 is 2.10 bits per heavy atom. The SMILES string of the molecule is CC(C)[C@H]1Oc2ccc(cc2)/C=C\NC(=O)[C@@H](Cc2ccccc2)NC(=O)[C@@H]1NC(=O)[C@@H](Cc1ccccc1)N(C)C. The second-order valence-electron chi connectivity index (χ2n) is 11.1. The van der Waals surface area contributed by atoms with Crippen LogP contribution in [0.15, 0.2) is 91.1 Å². The molecule has 3 N–H and O–H groups in total. The number of rotatable bonds is 8. The monoisotopic (exact) mass is 568 g/mol. The van der Waals surface area contributed by atoms with E-state index < -0.39 is 30.1 Å². The minimum atomic E-state index is -1.07. The lowest BCUT2D eigenvalue weighted by molar-refractivity contribution is -0.136. The summed E-state index contributed by atoms with van der Waals surface area (Å²) in [6.45, 7) is 3.89. The summed E-state index contributed by atoms with van der Waals surface area (Å²) < 4.78 is 6.38. The number of nitrogens with zero attached hydrogens (tertiary/aromatic N) is 1. The Hall–Kier alpha value is -4.43. The molecule has 2 bridgehead atoms. The first kappa shape index (κ1) is 30.5. The van der Waals surface area contributed by atoms with Gasteiger partial charge in [0, 0.05) is 12.6 Å². The van der Waals surface area contributed by atoms with E-state index in [1.165, 1.54) is 0 Å². The topological polar surface area (TPSA) is 99.8 Å². The molecule has 4 atom stereocenters. The van der Waals surface area contributed by atoms with Gasteiger partial charge < -0.3 is 20.7 Å². The van der Waals surface area contributed by atoms with Crippen molar-refractivity contribution in [3.05, 3.63) is 108 Å². The van der Waals surface area contributed by atoms with Gasteiger partial charge in [0.15, 0.2) is 0 Å². The predicted molar refractivity (Wildman–Crippen MR) is 165 cm³/mol. The van der Waals surface area contributed by atoms with Crippen LogP contribution in [0.25, 0.3) is 6.08 Å². The molecule has 0 unspecified atom stereocenters. The molecule has 3 amide bonds. The molecule has 8 nitrogen and oxygen atoms in total. The number of ether oxygens (including phenoxy) is 1. The quantitative estimate of drug-likeness (QED) is 0.386. The molecular weight excluding hydrogens is 528 g/mol. The Kier molecular flexibility index (Phi) is 10.5. The number of amides is 3. The lowest BCUT2D eigenvalue weighted by atomic mass is 9.96. The van der Waals surface area contributed by atoms with E-state index in [1.807, 2.05) is 118 Å². The summed E-state index contributed by atoms with van der Waals surface area (Å²) in [7, 11) is 3.68. The van der Waals surface area contributed by atoms with Crippen LogP contribution in [0.3, 0.4) is 0 Å². The van der Waals surface area contributed by atoms with Gasteiger partial charge in [-0.3, -0.25) is 19.3 Å². The molecule has 0 aromatic heterocycles. The molecule has 3 aromatic rings. The molecule has 8 heteroatoms. The summed E-state index contributed by atoms with van der Waals surface area (Å²) in [5, 5.41) is 8.74. The second kappa shape index (κ2) is 14.5. The van der Waals surface area contributed by atoms with Crippen molar-refractivity contribution in [2.75, 3.05) is 14.1 Å². The summed E-state index contributed by atoms with van der Waals surface area (Å²) in [5.41, 5.74) is 2.78. The minimum Gasteiger partial charge on any atom is -0.487 e. The van der Waals surface area contributed by atoms with Crippen LogP contribution in [0.5, 0.6) is 5.75 Å². The number of carbonyl (C=O) groups excluding carboxylic acids is 3. The Morgan fingerprint density at radius 2 is 1.50 bits per heavy atom. The molecule has 2 aliphatic rings. The normalized spacial score (nSPS) is 20.7. The van der Waals surface area contributed by atoms with Crippen molar-refractivity contribution in [1.82, 2.24) is 20.9 Å². The van der Waals surface area contributed by atoms with Gasteiger partial charge in [-0.05, 0) is 61.3 Å². The van der Waals surface area contributed by atoms with E-state index in [0.29, 0.717) is 12.2 Å². The van der Waals surface area contributed by atoms with Gasteiger partial charge in [0.2, 0.25) is 17.7 Å². The van der Waals surface area contributed by atoms with Gasteiger partial charge in [0.1, 0.15) is 23.9 Å². The summed E-state index contributed by atoms with van der Waals surface area (Å²) in [4.78, 5) is 43.1. The third kappa shape index (κ3) is 8.30. The third-order valence-electron chi connectivity index (χ3n) is 7.33. The summed E-state index contributed by atoms with van der Waals surface area (Å²) in [6.07, 6.45) is 3.39. The minimum absolute atomic E-state index is 0.151. The zero-order valence-corrected chi connectivity index (χ0v) is 24.6. The Morgan fingerprint density at radius 1 is 0.881 bits per heavy atom. The van der Waals surface area contributed by atoms with Gasteiger partial charge in [-0.2, -0.15) is 0 Å². The maximum Gasteiger partial charge on any atom is 0.247 e. The van der Waals surface area contributed by atoms with E-state index in [9.17, 15) is 14.4 Å². The number of hydrogen-bond acceptors (Lipinski definition) is 5. The van der Waals surface area contributed by atoms with Crippen molar-refractivity contribution in [1.29, 1.82) is 0 Å². The molecule has 0 aliphatic carbocycles. The van der Waals surface area contributed by atoms with Crippen molar-refractivity contribution >= 4 is 23.8 Å². The molecule has 220 valence electrons. The number of carbonyl (C=O) groups is 3. The van der Waals surface area contributed by atoms with E-state index in [0.717, 1.165) is 16.7 Å². The first-order valence-corrected chi connectivity index (χ1v) is 14.3. The summed E-state index contributed by atoms with van der Waals surface area (Å²) in [6, 6.07) is 24.1. The summed E-state index contributed by atoms with van der Waals surface area (Å²) >= 11 is 0. The van der Waals surface area contributed by atoms with Crippen LogP contribution in [0.4, 0.5) is 0 Å². The van der Waals surface area contributed by atoms with Gasteiger partial charge in [-0.15, -0.1) is 0 Å². The van der Waals surface area contributed by atoms with E-state index >= 15 is 0 Å². The Labute approximate surface area is 248 Å². The maximum atomic E-state index is 14.1. The molecule has 0 saturated heterocycles. The van der Waals surface area contributed by atoms with Crippen LogP contribution in [-0.4, -0.2) is 60.9 Å². The molecule has 3 aromatic carbocycles. The third-order valence-corrected chi connectivity index (χ3v) is 7.33. The predicted octanol–water partition coefficient (Wildman–Crippen LogP) is 3.58. The number of hydrogen-bond donors (Lipinski definition) is 3. The fraction of sp³-hybridized carbons (Fsp3) is 0.324. The molecule has 5 rings (SSSR count). The average Bonchev–Trinajstić information content (AvgIpc) is 2.98. The molecule has 0 saturated carbocycles. The van der Waals surface area contributed by atoms with Crippen LogP contribution in [0.2, 0.25) is 0 Å². The Balaban J connectivity index is 1.69. The lowest BCUT2D eigenvalue weighted by Crippen LogP contribution is -2.62. The highest BCUT2D eigenvalue weighted by atomic mass is 16.5. The lowest BCUT2D eigenvalue weighted by Gasteiger charge is -2.33. The smallest absolute Gasteiger partial charge is 0.247 e. The zero-order chi connectivity index (χ0) is 30.1. The summed E-state index contributed by atoms with van der Waals surface area (Å²) in [5.74, 6) is -0.732. The molecule has 2 aliphatic heterocycles. The van der Waals surface area contributed by atoms with Crippen LogP contribution < -0.4 is 20.7 Å². The first-order valence-electron chi connectivity index (χ1n) is 14.3. The maximum absolute atomic E-state index is 14.1. The average molecular weight is 569 g/mol. The van der Waals surface area contributed by atoms with Crippen molar-refractivity contribution in [2.24, 2.45) is 5.92 Å². The van der Waals surface area contributed by atoms with Crippen molar-refractivity contribution in [2.45, 2.75) is 50.9 Å². The van der Waals surface area contributed by atoms with Crippen molar-refractivity contribution in [3.8, 4) is 5.75 Å². The van der Waals surface area contributed by atoms with Crippen LogP contribution >= 0.6 is 0 Å². The van der Waals surface area contributed by atoms with Gasteiger partial charge in [0.05, 0.1) is 6.04 Å². The highest BCUT2D eigenvalue weighted by Crippen LogP contribution is 2.21. The number of likely N-dealkylation sites (N-methyl/N-ethyl adjacent to an activating group) is 1. The standard InChI is InChI=1S/C34H40N4O4/c1-23(2)31-30(37-33(40)29(38(3)4)22-26-13-9-6-10-14-26)34(41)36-28(21-25-11-7-5-8-12-25)32(39)35-20-19-24-15-17-27(42-31)18-16-24/h5-20,23,28-31H,21-22H2,1-4H3,(H,35,39)(H,36,41)(H,37,40)/b20-19-/t28-,29-,30-,31-/m1/s1. The molecule has 2 heterocycles. The van der Waals surface area contributed by atoms with E-state index in [4.69, 9.17) is 4.74 Å². The molecule has 0 spiro atoms. The van der Waals surface area contributed by atoms with Gasteiger partial charge in [0.25, 0.3) is 0 Å². The fourth-order valence-electron chi connectivity index (χ4n) is 4.94. The van der Waals surface area contributed by atoms with Crippen LogP contribution in [0, 0.1) is 5.92 Å². The van der Waals surface area contributed by atoms with Gasteiger partial charge >= 0.3 is 0 Å².